The second-order valence-electron chi connectivity index (χ2n) is 7.15. The zero-order chi connectivity index (χ0) is 20.2. The Balaban J connectivity index is 1.72. The van der Waals surface area contributed by atoms with Crippen LogP contribution in [0.5, 0.6) is 5.75 Å². The predicted molar refractivity (Wildman–Crippen MR) is 115 cm³/mol. The van der Waals surface area contributed by atoms with Gasteiger partial charge in [0, 0.05) is 16.4 Å². The third kappa shape index (κ3) is 4.15. The molecule has 0 aliphatic carbocycles. The zero-order valence-electron chi connectivity index (χ0n) is 16.4. The summed E-state index contributed by atoms with van der Waals surface area (Å²) in [6, 6.07) is 14.7. The summed E-state index contributed by atoms with van der Waals surface area (Å²) in [6.45, 7) is 2.20. The van der Waals surface area contributed by atoms with Crippen LogP contribution < -0.4 is 15.6 Å². The summed E-state index contributed by atoms with van der Waals surface area (Å²) in [5.74, 6) is 1.13. The van der Waals surface area contributed by atoms with Crippen molar-refractivity contribution in [2.24, 2.45) is 0 Å². The van der Waals surface area contributed by atoms with E-state index in [1.165, 1.54) is 19.3 Å². The number of unbranched alkanes of at least 4 members (excludes halogenated alkanes) is 3. The fraction of sp³-hybridized carbons (Fsp3) is 0.318. The summed E-state index contributed by atoms with van der Waals surface area (Å²) in [6.07, 6.45) is 4.40. The molecule has 1 atom stereocenters. The van der Waals surface area contributed by atoms with Crippen LogP contribution in [-0.4, -0.2) is 20.9 Å². The van der Waals surface area contributed by atoms with Gasteiger partial charge in [-0.2, -0.15) is 0 Å². The highest BCUT2D eigenvalue weighted by Crippen LogP contribution is 2.31. The second-order valence-corrected chi connectivity index (χ2v) is 8.23. The molecule has 2 aromatic carbocycles. The van der Waals surface area contributed by atoms with Crippen molar-refractivity contribution in [2.75, 3.05) is 11.1 Å². The number of nitrogens with zero attached hydrogens (tertiary/aromatic N) is 2. The monoisotopic (exact) mass is 409 g/mol. The van der Waals surface area contributed by atoms with Crippen LogP contribution >= 0.6 is 11.8 Å². The fourth-order valence-corrected chi connectivity index (χ4v) is 4.39. The minimum Gasteiger partial charge on any atom is -0.508 e. The number of phenols is 1. The van der Waals surface area contributed by atoms with E-state index < -0.39 is 0 Å². The summed E-state index contributed by atoms with van der Waals surface area (Å²) in [5, 5.41) is 18.5. The molecular weight excluding hydrogens is 384 g/mol. The lowest BCUT2D eigenvalue weighted by molar-refractivity contribution is -0.759. The highest BCUT2D eigenvalue weighted by molar-refractivity contribution is 7.99. The average Bonchev–Trinajstić information content (AvgIpc) is 2.73. The van der Waals surface area contributed by atoms with Crippen LogP contribution in [0.2, 0.25) is 0 Å². The molecule has 1 aliphatic rings. The molecule has 1 aromatic heterocycles. The zero-order valence-corrected chi connectivity index (χ0v) is 17.2. The molecule has 0 fully saturated rings. The highest BCUT2D eigenvalue weighted by atomic mass is 32.2. The number of rotatable bonds is 7. The van der Waals surface area contributed by atoms with Crippen molar-refractivity contribution in [1.82, 2.24) is 10.1 Å². The molecule has 3 aromatic rings. The van der Waals surface area contributed by atoms with Crippen LogP contribution in [0.15, 0.2) is 58.5 Å². The van der Waals surface area contributed by atoms with Crippen molar-refractivity contribution in [2.45, 2.75) is 43.9 Å². The standard InChI is InChI=1S/C22H24N4O2S/c1-2-3-4-7-14-29-22-24-21(28)19-17-8-5-6-9-18(17)23-20(26(19)25-22)15-10-12-16(27)13-11-15/h5-6,8-13,20H,2-4,7,14H2,1H3,(H2,24,25,27,28)/p+1/t20-/m1/s1. The largest absolute Gasteiger partial charge is 0.508 e. The van der Waals surface area contributed by atoms with Gasteiger partial charge in [0.05, 0.1) is 11.3 Å². The van der Waals surface area contributed by atoms with Gasteiger partial charge in [0.1, 0.15) is 5.75 Å². The lowest BCUT2D eigenvalue weighted by atomic mass is 10.0. The summed E-state index contributed by atoms with van der Waals surface area (Å²) in [4.78, 5) is 16.0. The Kier molecular flexibility index (Phi) is 5.85. The van der Waals surface area contributed by atoms with Crippen molar-refractivity contribution in [3.63, 3.8) is 0 Å². The van der Waals surface area contributed by atoms with E-state index in [0.29, 0.717) is 10.9 Å². The number of anilines is 1. The molecule has 0 amide bonds. The third-order valence-electron chi connectivity index (χ3n) is 5.03. The first-order valence-corrected chi connectivity index (χ1v) is 11.0. The first kappa shape index (κ1) is 19.5. The SMILES string of the molecule is CCCCCCSc1n[n+]2c(c(=O)[nH]1)-c1ccccc1N[C@H]2c1ccc(O)cc1. The summed E-state index contributed by atoms with van der Waals surface area (Å²) < 4.78 is 1.77. The molecule has 0 saturated heterocycles. The van der Waals surface area contributed by atoms with Crippen molar-refractivity contribution in [3.8, 4) is 17.0 Å². The van der Waals surface area contributed by atoms with E-state index in [0.717, 1.165) is 29.0 Å². The van der Waals surface area contributed by atoms with Crippen molar-refractivity contribution < 1.29 is 9.79 Å². The number of aromatic amines is 1. The molecule has 150 valence electrons. The smallest absolute Gasteiger partial charge is 0.325 e. The minimum absolute atomic E-state index is 0.145. The van der Waals surface area contributed by atoms with Gasteiger partial charge in [-0.25, -0.2) is 0 Å². The minimum atomic E-state index is -0.331. The van der Waals surface area contributed by atoms with Gasteiger partial charge >= 0.3 is 11.3 Å². The second kappa shape index (κ2) is 8.69. The van der Waals surface area contributed by atoms with Crippen molar-refractivity contribution in [1.29, 1.82) is 0 Å². The number of aromatic hydroxyl groups is 1. The number of hydrogen-bond acceptors (Lipinski definition) is 5. The molecule has 3 N–H and O–H groups in total. The maximum Gasteiger partial charge on any atom is 0.325 e. The number of phenolic OH excluding ortho intramolecular Hbond substituents is 1. The topological polar surface area (TPSA) is 81.9 Å². The Hall–Kier alpha value is -2.80. The molecule has 4 rings (SSSR count). The van der Waals surface area contributed by atoms with Gasteiger partial charge < -0.3 is 10.4 Å². The van der Waals surface area contributed by atoms with E-state index >= 15 is 0 Å². The van der Waals surface area contributed by atoms with Crippen LogP contribution in [0.3, 0.4) is 0 Å². The Bertz CT molecular complexity index is 1050. The van der Waals surface area contributed by atoms with Gasteiger partial charge in [-0.1, -0.05) is 50.1 Å². The third-order valence-corrected chi connectivity index (χ3v) is 5.98. The first-order valence-electron chi connectivity index (χ1n) is 10.0. The Morgan fingerprint density at radius 2 is 1.90 bits per heavy atom. The molecule has 6 nitrogen and oxygen atoms in total. The van der Waals surface area contributed by atoms with E-state index in [1.807, 2.05) is 36.4 Å². The van der Waals surface area contributed by atoms with Crippen LogP contribution in [0, 0.1) is 0 Å². The molecule has 1 aliphatic heterocycles. The van der Waals surface area contributed by atoms with E-state index in [1.54, 1.807) is 28.6 Å². The Morgan fingerprint density at radius 1 is 1.10 bits per heavy atom. The van der Waals surface area contributed by atoms with E-state index in [4.69, 9.17) is 5.10 Å². The van der Waals surface area contributed by atoms with Gasteiger partial charge in [0.2, 0.25) is 5.16 Å². The predicted octanol–water partition coefficient (Wildman–Crippen LogP) is 4.07. The van der Waals surface area contributed by atoms with Crippen LogP contribution in [0.25, 0.3) is 11.3 Å². The Labute approximate surface area is 174 Å². The van der Waals surface area contributed by atoms with Gasteiger partial charge in [0.15, 0.2) is 0 Å². The van der Waals surface area contributed by atoms with Crippen LogP contribution in [0.4, 0.5) is 5.69 Å². The lowest BCUT2D eigenvalue weighted by Crippen LogP contribution is -2.55. The number of aromatic nitrogens is 3. The number of benzene rings is 2. The summed E-state index contributed by atoms with van der Waals surface area (Å²) >= 11 is 1.58. The van der Waals surface area contributed by atoms with E-state index in [2.05, 4.69) is 17.2 Å². The molecule has 0 unspecified atom stereocenters. The fourth-order valence-electron chi connectivity index (χ4n) is 3.53. The number of para-hydroxylation sites is 1. The average molecular weight is 410 g/mol. The number of thioether (sulfide) groups is 1. The van der Waals surface area contributed by atoms with Crippen LogP contribution in [0.1, 0.15) is 44.3 Å². The van der Waals surface area contributed by atoms with Gasteiger partial charge in [-0.15, -0.1) is 0 Å². The van der Waals surface area contributed by atoms with Gasteiger partial charge in [-0.05, 0) is 47.5 Å². The van der Waals surface area contributed by atoms with Gasteiger partial charge in [-0.3, -0.25) is 9.78 Å². The normalized spacial score (nSPS) is 14.7. The Morgan fingerprint density at radius 3 is 2.69 bits per heavy atom. The number of hydrogen-bond donors (Lipinski definition) is 3. The summed E-state index contributed by atoms with van der Waals surface area (Å²) in [5.41, 5.74) is 3.02. The summed E-state index contributed by atoms with van der Waals surface area (Å²) in [7, 11) is 0. The van der Waals surface area contributed by atoms with Crippen molar-refractivity contribution in [3.05, 3.63) is 64.4 Å². The quantitative estimate of drug-likeness (QED) is 0.311. The molecule has 7 heteroatoms. The molecule has 0 saturated carbocycles. The first-order chi connectivity index (χ1) is 14.2. The van der Waals surface area contributed by atoms with E-state index in [9.17, 15) is 9.90 Å². The van der Waals surface area contributed by atoms with Crippen molar-refractivity contribution >= 4 is 17.4 Å². The number of fused-ring (bicyclic) bond motifs is 3. The van der Waals surface area contributed by atoms with E-state index in [-0.39, 0.29) is 17.5 Å². The molecular formula is C22H25N4O2S+. The molecule has 0 radical (unpaired) electrons. The maximum atomic E-state index is 13.0. The number of nitrogens with one attached hydrogen (secondary N) is 2. The maximum absolute atomic E-state index is 13.0. The van der Waals surface area contributed by atoms with Crippen LogP contribution in [-0.2, 0) is 0 Å². The molecule has 0 bridgehead atoms. The number of H-pyrrole nitrogens is 1. The molecule has 0 spiro atoms. The molecule has 2 heterocycles. The lowest BCUT2D eigenvalue weighted by Gasteiger charge is -2.22. The highest BCUT2D eigenvalue weighted by Gasteiger charge is 2.37. The molecule has 29 heavy (non-hydrogen) atoms. The van der Waals surface area contributed by atoms with Gasteiger partial charge in [0.25, 0.3) is 6.17 Å².